The van der Waals surface area contributed by atoms with Gasteiger partial charge < -0.3 is 10.4 Å². The first-order chi connectivity index (χ1) is 17.8. The number of rotatable bonds is 6. The van der Waals surface area contributed by atoms with E-state index in [-0.39, 0.29) is 17.9 Å². The Morgan fingerprint density at radius 3 is 2.32 bits per heavy atom. The zero-order valence-electron chi connectivity index (χ0n) is 19.4. The van der Waals surface area contributed by atoms with Gasteiger partial charge in [0.2, 0.25) is 5.88 Å². The van der Waals surface area contributed by atoms with Gasteiger partial charge in [-0.3, -0.25) is 14.3 Å². The zero-order chi connectivity index (χ0) is 27.8. The van der Waals surface area contributed by atoms with Gasteiger partial charge in [0.1, 0.15) is 0 Å². The summed E-state index contributed by atoms with van der Waals surface area (Å²) >= 11 is 5.86. The van der Waals surface area contributed by atoms with Crippen molar-refractivity contribution in [2.45, 2.75) is 23.9 Å². The number of imidazole rings is 1. The van der Waals surface area contributed by atoms with Gasteiger partial charge in [0.25, 0.3) is 15.7 Å². The molecule has 1 amide bonds. The molecule has 0 bridgehead atoms. The van der Waals surface area contributed by atoms with Crippen molar-refractivity contribution in [3.05, 3.63) is 99.3 Å². The van der Waals surface area contributed by atoms with E-state index in [9.17, 15) is 36.3 Å². The Bertz CT molecular complexity index is 1680. The maximum atomic E-state index is 13.2. The number of nitrogens with one attached hydrogen (secondary N) is 1. The quantitative estimate of drug-likeness (QED) is 0.359. The van der Waals surface area contributed by atoms with Gasteiger partial charge in [0.05, 0.1) is 34.7 Å². The molecule has 0 aliphatic heterocycles. The van der Waals surface area contributed by atoms with E-state index in [1.165, 1.54) is 36.0 Å². The number of aromatic nitrogens is 3. The molecule has 0 saturated carbocycles. The maximum absolute atomic E-state index is 13.2. The Kier molecular flexibility index (Phi) is 7.08. The van der Waals surface area contributed by atoms with Crippen molar-refractivity contribution in [2.24, 2.45) is 0 Å². The average Bonchev–Trinajstić information content (AvgIpc) is 3.08. The number of aromatic hydroxyl groups is 1. The molecule has 2 aromatic carbocycles. The lowest BCUT2D eigenvalue weighted by Gasteiger charge is -2.12. The fourth-order valence-corrected chi connectivity index (χ4v) is 4.49. The summed E-state index contributed by atoms with van der Waals surface area (Å²) in [6.07, 6.45) is 2.84. The summed E-state index contributed by atoms with van der Waals surface area (Å²) in [6.45, 7) is 1.34. The van der Waals surface area contributed by atoms with Crippen molar-refractivity contribution >= 4 is 33.0 Å². The van der Waals surface area contributed by atoms with Crippen molar-refractivity contribution in [1.82, 2.24) is 14.1 Å². The number of halogens is 4. The number of carbonyl (C=O) groups is 1. The van der Waals surface area contributed by atoms with Gasteiger partial charge in [-0.25, -0.2) is 17.8 Å². The number of benzene rings is 2. The monoisotopic (exact) mass is 566 g/mol. The van der Waals surface area contributed by atoms with Gasteiger partial charge in [-0.15, -0.1) is 0 Å². The topological polar surface area (TPSA) is 123 Å². The highest BCUT2D eigenvalue weighted by molar-refractivity contribution is 7.92. The standard InChI is InChI=1S/C24H18ClF3N4O5S/c1-14-22(34)32(18-6-8-19(9-7-18)38(36,37)24(26,27)28)23(35)31(14)13-16-10-11-29-12-20(16)30-21(33)15-2-4-17(25)5-3-15/h2-12,34H,13H2,1H3,(H,30,33). The van der Waals surface area contributed by atoms with Crippen LogP contribution in [-0.2, 0) is 16.4 Å². The highest BCUT2D eigenvalue weighted by atomic mass is 35.5. The number of hydrogen-bond donors (Lipinski definition) is 2. The van der Waals surface area contributed by atoms with Gasteiger partial charge in [0, 0.05) is 16.8 Å². The minimum absolute atomic E-state index is 0.0542. The zero-order valence-corrected chi connectivity index (χ0v) is 21.0. The Balaban J connectivity index is 1.66. The van der Waals surface area contributed by atoms with E-state index in [1.54, 1.807) is 18.2 Å². The fourth-order valence-electron chi connectivity index (χ4n) is 3.60. The molecule has 0 fully saturated rings. The van der Waals surface area contributed by atoms with Gasteiger partial charge in [-0.1, -0.05) is 11.6 Å². The highest BCUT2D eigenvalue weighted by Gasteiger charge is 2.46. The molecule has 2 heterocycles. The Morgan fingerprint density at radius 2 is 1.71 bits per heavy atom. The SMILES string of the molecule is Cc1c(O)n(-c2ccc(S(=O)(=O)C(F)(F)F)cc2)c(=O)n1Cc1ccncc1NC(=O)c1ccc(Cl)cc1. The third kappa shape index (κ3) is 5.02. The second-order valence-corrected chi connectivity index (χ2v) is 10.4. The van der Waals surface area contributed by atoms with Crippen LogP contribution < -0.4 is 11.0 Å². The van der Waals surface area contributed by atoms with Gasteiger partial charge in [-0.2, -0.15) is 13.2 Å². The number of nitrogens with zero attached hydrogens (tertiary/aromatic N) is 3. The molecule has 0 aliphatic rings. The molecule has 9 nitrogen and oxygen atoms in total. The summed E-state index contributed by atoms with van der Waals surface area (Å²) in [5.41, 5.74) is -5.08. The van der Waals surface area contributed by atoms with Gasteiger partial charge in [-0.05, 0) is 67.1 Å². The van der Waals surface area contributed by atoms with E-state index < -0.39 is 37.7 Å². The van der Waals surface area contributed by atoms with Crippen LogP contribution in [0, 0.1) is 6.92 Å². The fraction of sp³-hybridized carbons (Fsp3) is 0.125. The average molecular weight is 567 g/mol. The molecule has 0 atom stereocenters. The van der Waals surface area contributed by atoms with Crippen molar-refractivity contribution in [3.63, 3.8) is 0 Å². The Labute approximate surface area is 218 Å². The number of sulfone groups is 1. The summed E-state index contributed by atoms with van der Waals surface area (Å²) in [5.74, 6) is -0.948. The highest BCUT2D eigenvalue weighted by Crippen LogP contribution is 2.31. The molecule has 38 heavy (non-hydrogen) atoms. The molecule has 14 heteroatoms. The molecule has 2 N–H and O–H groups in total. The molecule has 4 rings (SSSR count). The molecule has 198 valence electrons. The molecule has 4 aromatic rings. The lowest BCUT2D eigenvalue weighted by molar-refractivity contribution is -0.0436. The van der Waals surface area contributed by atoms with Crippen LogP contribution in [0.1, 0.15) is 21.6 Å². The first kappa shape index (κ1) is 26.9. The first-order valence-corrected chi connectivity index (χ1v) is 12.6. The third-order valence-electron chi connectivity index (χ3n) is 5.67. The summed E-state index contributed by atoms with van der Waals surface area (Å²) in [6, 6.07) is 11.1. The number of pyridine rings is 1. The summed E-state index contributed by atoms with van der Waals surface area (Å²) in [7, 11) is -5.58. The van der Waals surface area contributed by atoms with Crippen LogP contribution in [0.15, 0.2) is 76.7 Å². The van der Waals surface area contributed by atoms with Crippen molar-refractivity contribution in [3.8, 4) is 11.6 Å². The first-order valence-electron chi connectivity index (χ1n) is 10.7. The lowest BCUT2D eigenvalue weighted by atomic mass is 10.2. The van der Waals surface area contributed by atoms with Crippen LogP contribution in [0.25, 0.3) is 5.69 Å². The predicted octanol–water partition coefficient (Wildman–Crippen LogP) is 4.30. The smallest absolute Gasteiger partial charge is 0.493 e. The maximum Gasteiger partial charge on any atom is 0.501 e. The summed E-state index contributed by atoms with van der Waals surface area (Å²) in [4.78, 5) is 28.9. The Morgan fingerprint density at radius 1 is 1.08 bits per heavy atom. The van der Waals surface area contributed by atoms with E-state index in [0.29, 0.717) is 34.0 Å². The number of alkyl halides is 3. The molecular formula is C24H18ClF3N4O5S. The van der Waals surface area contributed by atoms with Crippen molar-refractivity contribution in [2.75, 3.05) is 5.32 Å². The Hall–Kier alpha value is -4.10. The van der Waals surface area contributed by atoms with Crippen LogP contribution in [0.4, 0.5) is 18.9 Å². The molecule has 0 radical (unpaired) electrons. The minimum atomic E-state index is -5.58. The van der Waals surface area contributed by atoms with Crippen LogP contribution in [0.5, 0.6) is 5.88 Å². The second-order valence-electron chi connectivity index (χ2n) is 8.05. The number of amides is 1. The van der Waals surface area contributed by atoms with Crippen molar-refractivity contribution in [1.29, 1.82) is 0 Å². The van der Waals surface area contributed by atoms with E-state index in [0.717, 1.165) is 16.7 Å². The van der Waals surface area contributed by atoms with E-state index in [2.05, 4.69) is 10.3 Å². The molecular weight excluding hydrogens is 549 g/mol. The van der Waals surface area contributed by atoms with E-state index in [1.807, 2.05) is 0 Å². The second kappa shape index (κ2) is 9.99. The molecule has 0 aliphatic carbocycles. The van der Waals surface area contributed by atoms with Crippen LogP contribution in [-0.4, -0.2) is 39.1 Å². The van der Waals surface area contributed by atoms with Crippen LogP contribution in [0.3, 0.4) is 0 Å². The largest absolute Gasteiger partial charge is 0.501 e. The summed E-state index contributed by atoms with van der Waals surface area (Å²) < 4.78 is 63.8. The molecule has 0 unspecified atom stereocenters. The lowest BCUT2D eigenvalue weighted by Crippen LogP contribution is -2.25. The third-order valence-corrected chi connectivity index (χ3v) is 7.42. The number of hydrogen-bond acceptors (Lipinski definition) is 6. The van der Waals surface area contributed by atoms with Crippen molar-refractivity contribution < 1.29 is 31.5 Å². The summed E-state index contributed by atoms with van der Waals surface area (Å²) in [5, 5.41) is 13.8. The molecule has 0 saturated heterocycles. The van der Waals surface area contributed by atoms with Gasteiger partial charge in [0.15, 0.2) is 0 Å². The minimum Gasteiger partial charge on any atom is -0.493 e. The van der Waals surface area contributed by atoms with Crippen LogP contribution >= 0.6 is 11.6 Å². The van der Waals surface area contributed by atoms with E-state index >= 15 is 0 Å². The normalized spacial score (nSPS) is 11.9. The number of carbonyl (C=O) groups excluding carboxylic acids is 1. The molecule has 2 aromatic heterocycles. The predicted molar refractivity (Wildman–Crippen MR) is 132 cm³/mol. The van der Waals surface area contributed by atoms with Crippen LogP contribution in [0.2, 0.25) is 5.02 Å². The number of anilines is 1. The molecule has 0 spiro atoms. The van der Waals surface area contributed by atoms with E-state index in [4.69, 9.17) is 11.6 Å². The van der Waals surface area contributed by atoms with Gasteiger partial charge >= 0.3 is 11.2 Å².